The smallest absolute Gasteiger partial charge is 0.242 e. The first kappa shape index (κ1) is 14.5. The van der Waals surface area contributed by atoms with E-state index in [1.54, 1.807) is 12.1 Å². The lowest BCUT2D eigenvalue weighted by atomic mass is 9.98. The Morgan fingerprint density at radius 2 is 1.94 bits per heavy atom. The van der Waals surface area contributed by atoms with E-state index in [4.69, 9.17) is 5.73 Å². The molecule has 0 fully saturated rings. The summed E-state index contributed by atoms with van der Waals surface area (Å²) in [5, 5.41) is 0. The van der Waals surface area contributed by atoms with Crippen molar-refractivity contribution in [2.75, 3.05) is 12.3 Å². The van der Waals surface area contributed by atoms with Gasteiger partial charge < -0.3 is 5.73 Å². The summed E-state index contributed by atoms with van der Waals surface area (Å²) >= 11 is 3.24. The molecule has 0 aliphatic heterocycles. The number of hydrogen-bond donors (Lipinski definition) is 2. The average Bonchev–Trinajstić information content (AvgIpc) is 2.13. The highest BCUT2D eigenvalue weighted by atomic mass is 79.9. The van der Waals surface area contributed by atoms with Gasteiger partial charge in [0.25, 0.3) is 0 Å². The third-order valence-corrected chi connectivity index (χ3v) is 4.02. The van der Waals surface area contributed by atoms with Crippen molar-refractivity contribution in [1.29, 1.82) is 0 Å². The molecule has 4 nitrogen and oxygen atoms in total. The topological polar surface area (TPSA) is 72.2 Å². The van der Waals surface area contributed by atoms with Crippen molar-refractivity contribution in [3.05, 3.63) is 22.7 Å². The maximum absolute atomic E-state index is 12.0. The fourth-order valence-corrected chi connectivity index (χ4v) is 2.93. The van der Waals surface area contributed by atoms with Crippen LogP contribution in [0.25, 0.3) is 0 Å². The highest BCUT2D eigenvalue weighted by Crippen LogP contribution is 2.23. The summed E-state index contributed by atoms with van der Waals surface area (Å²) in [5.74, 6) is 0. The monoisotopic (exact) mass is 320 g/mol. The van der Waals surface area contributed by atoms with Crippen molar-refractivity contribution in [2.45, 2.75) is 25.7 Å². The highest BCUT2D eigenvalue weighted by molar-refractivity contribution is 9.10. The molecule has 0 aliphatic rings. The van der Waals surface area contributed by atoms with Gasteiger partial charge >= 0.3 is 0 Å². The molecule has 0 heterocycles. The van der Waals surface area contributed by atoms with Crippen LogP contribution in [0.15, 0.2) is 27.6 Å². The molecule has 6 heteroatoms. The van der Waals surface area contributed by atoms with Crippen molar-refractivity contribution in [3.63, 3.8) is 0 Å². The minimum atomic E-state index is -3.54. The van der Waals surface area contributed by atoms with Crippen molar-refractivity contribution in [1.82, 2.24) is 4.72 Å². The Balaban J connectivity index is 2.98. The summed E-state index contributed by atoms with van der Waals surface area (Å²) in [6, 6.07) is 4.72. The van der Waals surface area contributed by atoms with Crippen molar-refractivity contribution in [2.24, 2.45) is 5.41 Å². The molecule has 0 unspecified atom stereocenters. The Morgan fingerprint density at radius 1 is 1.35 bits per heavy atom. The van der Waals surface area contributed by atoms with Crippen LogP contribution in [0, 0.1) is 5.41 Å². The van der Waals surface area contributed by atoms with Gasteiger partial charge in [0.1, 0.15) is 4.90 Å². The van der Waals surface area contributed by atoms with Gasteiger partial charge in [0, 0.05) is 11.0 Å². The van der Waals surface area contributed by atoms with Gasteiger partial charge in [-0.3, -0.25) is 0 Å². The van der Waals surface area contributed by atoms with Crippen LogP contribution in [-0.4, -0.2) is 15.0 Å². The molecule has 1 aromatic rings. The summed E-state index contributed by atoms with van der Waals surface area (Å²) in [7, 11) is -3.54. The number of nitrogens with one attached hydrogen (secondary N) is 1. The van der Waals surface area contributed by atoms with E-state index >= 15 is 0 Å². The summed E-state index contributed by atoms with van der Waals surface area (Å²) in [4.78, 5) is 0.116. The van der Waals surface area contributed by atoms with E-state index in [2.05, 4.69) is 20.7 Å². The summed E-state index contributed by atoms with van der Waals surface area (Å²) < 4.78 is 27.3. The molecule has 0 atom stereocenters. The first-order valence-corrected chi connectivity index (χ1v) is 7.44. The van der Waals surface area contributed by atoms with Gasteiger partial charge in [0.05, 0.1) is 5.69 Å². The zero-order chi connectivity index (χ0) is 13.3. The lowest BCUT2D eigenvalue weighted by Gasteiger charge is -2.19. The van der Waals surface area contributed by atoms with Crippen LogP contribution in [0.1, 0.15) is 20.8 Å². The molecule has 0 radical (unpaired) electrons. The molecule has 0 spiro atoms. The Labute approximate surface area is 111 Å². The molecule has 0 saturated carbocycles. The van der Waals surface area contributed by atoms with E-state index in [-0.39, 0.29) is 16.0 Å². The Morgan fingerprint density at radius 3 is 2.41 bits per heavy atom. The number of nitrogens with two attached hydrogens (primary N) is 1. The van der Waals surface area contributed by atoms with Gasteiger partial charge in [0.15, 0.2) is 0 Å². The average molecular weight is 321 g/mol. The molecule has 96 valence electrons. The number of halogens is 1. The maximum Gasteiger partial charge on any atom is 0.242 e. The van der Waals surface area contributed by atoms with Gasteiger partial charge in [-0.25, -0.2) is 13.1 Å². The number of nitrogen functional groups attached to an aromatic ring is 1. The number of hydrogen-bond acceptors (Lipinski definition) is 3. The Hall–Kier alpha value is -0.590. The maximum atomic E-state index is 12.0. The molecule has 0 aromatic heterocycles. The van der Waals surface area contributed by atoms with E-state index < -0.39 is 10.0 Å². The Kier molecular flexibility index (Phi) is 4.22. The molecule has 0 amide bonds. The van der Waals surface area contributed by atoms with Gasteiger partial charge in [-0.15, -0.1) is 0 Å². The zero-order valence-corrected chi connectivity index (χ0v) is 12.5. The molecule has 1 rings (SSSR count). The van der Waals surface area contributed by atoms with E-state index in [0.717, 1.165) is 4.47 Å². The fourth-order valence-electron chi connectivity index (χ4n) is 1.15. The summed E-state index contributed by atoms with van der Waals surface area (Å²) in [6.45, 7) is 6.24. The predicted molar refractivity (Wildman–Crippen MR) is 73.2 cm³/mol. The molecule has 3 N–H and O–H groups in total. The minimum Gasteiger partial charge on any atom is -0.398 e. The van der Waals surface area contributed by atoms with Gasteiger partial charge in [-0.1, -0.05) is 36.7 Å². The van der Waals surface area contributed by atoms with Crippen LogP contribution >= 0.6 is 15.9 Å². The SMILES string of the molecule is CC(C)(C)CNS(=O)(=O)c1ccc(Br)cc1N. The molecule has 0 saturated heterocycles. The lowest BCUT2D eigenvalue weighted by molar-refractivity contribution is 0.407. The summed E-state index contributed by atoms with van der Waals surface area (Å²) in [6.07, 6.45) is 0. The first-order chi connectivity index (χ1) is 7.62. The first-order valence-electron chi connectivity index (χ1n) is 5.16. The standard InChI is InChI=1S/C11H17BrN2O2S/c1-11(2,3)7-14-17(15,16)10-5-4-8(12)6-9(10)13/h4-6,14H,7,13H2,1-3H3. The zero-order valence-electron chi connectivity index (χ0n) is 10.1. The normalized spacial score (nSPS) is 12.7. The third kappa shape index (κ3) is 4.29. The second-order valence-corrected chi connectivity index (χ2v) is 7.72. The quantitative estimate of drug-likeness (QED) is 0.840. The molecule has 0 bridgehead atoms. The van der Waals surface area contributed by atoms with Gasteiger partial charge in [-0.05, 0) is 23.6 Å². The number of anilines is 1. The largest absolute Gasteiger partial charge is 0.398 e. The van der Waals surface area contributed by atoms with Crippen molar-refractivity contribution in [3.8, 4) is 0 Å². The lowest BCUT2D eigenvalue weighted by Crippen LogP contribution is -2.32. The van der Waals surface area contributed by atoms with E-state index in [1.807, 2.05) is 20.8 Å². The van der Waals surface area contributed by atoms with Gasteiger partial charge in [-0.2, -0.15) is 0 Å². The minimum absolute atomic E-state index is 0.114. The number of sulfonamides is 1. The van der Waals surface area contributed by atoms with Crippen LogP contribution in [0.2, 0.25) is 0 Å². The van der Waals surface area contributed by atoms with E-state index in [0.29, 0.717) is 6.54 Å². The summed E-state index contributed by atoms with van der Waals surface area (Å²) in [5.41, 5.74) is 5.82. The third-order valence-electron chi connectivity index (χ3n) is 2.05. The number of benzene rings is 1. The fraction of sp³-hybridized carbons (Fsp3) is 0.455. The molecular formula is C11H17BrN2O2S. The van der Waals surface area contributed by atoms with Crippen LogP contribution in [0.3, 0.4) is 0 Å². The van der Waals surface area contributed by atoms with Crippen LogP contribution in [-0.2, 0) is 10.0 Å². The van der Waals surface area contributed by atoms with E-state index in [9.17, 15) is 8.42 Å². The molecular weight excluding hydrogens is 304 g/mol. The van der Waals surface area contributed by atoms with Crippen molar-refractivity contribution < 1.29 is 8.42 Å². The molecule has 1 aromatic carbocycles. The van der Waals surface area contributed by atoms with Crippen molar-refractivity contribution >= 4 is 31.6 Å². The molecule has 17 heavy (non-hydrogen) atoms. The van der Waals surface area contributed by atoms with E-state index in [1.165, 1.54) is 6.07 Å². The van der Waals surface area contributed by atoms with Gasteiger partial charge in [0.2, 0.25) is 10.0 Å². The van der Waals surface area contributed by atoms with Crippen LogP contribution in [0.4, 0.5) is 5.69 Å². The second kappa shape index (κ2) is 4.96. The van der Waals surface area contributed by atoms with Crippen LogP contribution in [0.5, 0.6) is 0 Å². The second-order valence-electron chi connectivity index (χ2n) is 5.07. The highest BCUT2D eigenvalue weighted by Gasteiger charge is 2.20. The van der Waals surface area contributed by atoms with Crippen LogP contribution < -0.4 is 10.5 Å². The Bertz CT molecular complexity index is 507. The predicted octanol–water partition coefficient (Wildman–Crippen LogP) is 2.36. The number of rotatable bonds is 3. The molecule has 0 aliphatic carbocycles.